The van der Waals surface area contributed by atoms with Crippen LogP contribution in [0.15, 0.2) is 119 Å². The molecule has 0 atom stereocenters. The zero-order chi connectivity index (χ0) is 27.6. The molecule has 0 unspecified atom stereocenters. The molecule has 0 aliphatic carbocycles. The predicted molar refractivity (Wildman–Crippen MR) is 163 cm³/mol. The zero-order valence-electron chi connectivity index (χ0n) is 21.9. The van der Waals surface area contributed by atoms with Gasteiger partial charge in [0.1, 0.15) is 0 Å². The van der Waals surface area contributed by atoms with Gasteiger partial charge in [-0.1, -0.05) is 72.8 Å². The molecule has 198 valence electrons. The van der Waals surface area contributed by atoms with Crippen molar-refractivity contribution in [2.24, 2.45) is 10.2 Å². The number of carbonyl (C=O) groups excluding carboxylic acids is 2. The molecule has 5 aromatic rings. The molecule has 2 amide bonds. The van der Waals surface area contributed by atoms with E-state index in [0.29, 0.717) is 24.9 Å². The lowest BCUT2D eigenvalue weighted by Crippen LogP contribution is -2.18. The van der Waals surface area contributed by atoms with Crippen LogP contribution in [0, 0.1) is 0 Å². The van der Waals surface area contributed by atoms with Crippen molar-refractivity contribution in [3.63, 3.8) is 0 Å². The third-order valence-electron chi connectivity index (χ3n) is 6.39. The molecule has 5 rings (SSSR count). The molecule has 40 heavy (non-hydrogen) atoms. The molecular formula is C33H29N5O2. The number of hydrazone groups is 2. The average molecular weight is 528 g/mol. The first-order chi connectivity index (χ1) is 19.6. The average Bonchev–Trinajstić information content (AvgIpc) is 2.99. The van der Waals surface area contributed by atoms with Crippen LogP contribution in [0.1, 0.15) is 34.3 Å². The molecule has 0 fully saturated rings. The first-order valence-electron chi connectivity index (χ1n) is 13.1. The van der Waals surface area contributed by atoms with E-state index in [0.717, 1.165) is 38.4 Å². The Morgan fingerprint density at radius 1 is 0.625 bits per heavy atom. The molecule has 5 aromatic carbocycles. The van der Waals surface area contributed by atoms with Gasteiger partial charge in [-0.25, -0.2) is 10.9 Å². The molecular weight excluding hydrogens is 498 g/mol. The Hall–Kier alpha value is -5.30. The van der Waals surface area contributed by atoms with E-state index in [1.807, 2.05) is 84.9 Å². The Morgan fingerprint density at radius 2 is 1.18 bits per heavy atom. The molecule has 0 spiro atoms. The van der Waals surface area contributed by atoms with E-state index in [4.69, 9.17) is 0 Å². The van der Waals surface area contributed by atoms with Gasteiger partial charge in [-0.05, 0) is 75.5 Å². The topological polar surface area (TPSA) is 95.0 Å². The van der Waals surface area contributed by atoms with Crippen LogP contribution in [0.4, 0.5) is 5.69 Å². The van der Waals surface area contributed by atoms with Gasteiger partial charge in [0.05, 0.1) is 12.4 Å². The number of rotatable bonds is 10. The first kappa shape index (κ1) is 26.3. The second kappa shape index (κ2) is 13.0. The molecule has 0 saturated heterocycles. The molecule has 0 heterocycles. The molecule has 3 N–H and O–H groups in total. The molecule has 0 radical (unpaired) electrons. The molecule has 0 aliphatic rings. The Bertz CT molecular complexity index is 1690. The fraction of sp³-hybridized carbons (Fsp3) is 0.0909. The lowest BCUT2D eigenvalue weighted by atomic mass is 10.1. The van der Waals surface area contributed by atoms with Crippen molar-refractivity contribution in [2.45, 2.75) is 12.8 Å². The highest BCUT2D eigenvalue weighted by atomic mass is 16.2. The van der Waals surface area contributed by atoms with Crippen molar-refractivity contribution in [3.8, 4) is 0 Å². The Labute approximate surface area is 232 Å². The van der Waals surface area contributed by atoms with Crippen molar-refractivity contribution in [2.75, 3.05) is 11.9 Å². The summed E-state index contributed by atoms with van der Waals surface area (Å²) < 4.78 is 0. The third kappa shape index (κ3) is 7.17. The summed E-state index contributed by atoms with van der Waals surface area (Å²) in [5, 5.41) is 16.0. The van der Waals surface area contributed by atoms with Gasteiger partial charge in [-0.2, -0.15) is 10.2 Å². The number of benzene rings is 5. The van der Waals surface area contributed by atoms with Gasteiger partial charge >= 0.3 is 0 Å². The minimum atomic E-state index is -0.287. The monoisotopic (exact) mass is 527 g/mol. The normalized spacial score (nSPS) is 11.3. The van der Waals surface area contributed by atoms with E-state index in [2.05, 4.69) is 38.5 Å². The maximum Gasteiger partial charge on any atom is 0.271 e. The number of nitrogens with one attached hydrogen (secondary N) is 3. The second-order valence-electron chi connectivity index (χ2n) is 9.31. The van der Waals surface area contributed by atoms with Crippen molar-refractivity contribution >= 4 is 51.5 Å². The van der Waals surface area contributed by atoms with Gasteiger partial charge in [0.15, 0.2) is 0 Å². The van der Waals surface area contributed by atoms with Crippen LogP contribution in [0.2, 0.25) is 0 Å². The largest absolute Gasteiger partial charge is 0.385 e. The van der Waals surface area contributed by atoms with Crippen LogP contribution in [0.5, 0.6) is 0 Å². The molecule has 0 aliphatic heterocycles. The third-order valence-corrected chi connectivity index (χ3v) is 6.39. The number of nitrogens with zero attached hydrogens (tertiary/aromatic N) is 2. The quantitative estimate of drug-likeness (QED) is 0.116. The van der Waals surface area contributed by atoms with Crippen LogP contribution in [0.25, 0.3) is 21.5 Å². The molecule has 0 aromatic heterocycles. The standard InChI is InChI=1S/C33H29N5O2/c39-32(37-35-22-24-11-13-26-6-1-3-8-29(26)20-24)10-5-19-34-31-17-15-28(16-18-31)33(40)38-36-23-25-12-14-27-7-2-4-9-30(27)21-25/h1-4,6-9,11-18,20-23,34H,5,10,19H2,(H,37,39)(H,38,40)/b35-22+,36-23+. The summed E-state index contributed by atoms with van der Waals surface area (Å²) in [6, 6.07) is 35.4. The molecule has 7 heteroatoms. The zero-order valence-corrected chi connectivity index (χ0v) is 21.9. The fourth-order valence-electron chi connectivity index (χ4n) is 4.26. The molecule has 7 nitrogen and oxygen atoms in total. The summed E-state index contributed by atoms with van der Waals surface area (Å²) in [4.78, 5) is 24.5. The minimum absolute atomic E-state index is 0.143. The predicted octanol–water partition coefficient (Wildman–Crippen LogP) is 6.10. The number of fused-ring (bicyclic) bond motifs is 2. The SMILES string of the molecule is O=C(CCCNc1ccc(C(=O)N/N=C/c2ccc3ccccc3c2)cc1)N/N=C/c1ccc2ccccc2c1. The van der Waals surface area contributed by atoms with E-state index in [1.165, 1.54) is 0 Å². The van der Waals surface area contributed by atoms with Crippen LogP contribution in [-0.4, -0.2) is 30.8 Å². The highest BCUT2D eigenvalue weighted by Gasteiger charge is 2.05. The summed E-state index contributed by atoms with van der Waals surface area (Å²) in [7, 11) is 0. The van der Waals surface area contributed by atoms with Crippen LogP contribution < -0.4 is 16.2 Å². The smallest absolute Gasteiger partial charge is 0.271 e. The van der Waals surface area contributed by atoms with Crippen molar-refractivity contribution in [3.05, 3.63) is 126 Å². The number of hydrogen-bond donors (Lipinski definition) is 3. The van der Waals surface area contributed by atoms with Crippen LogP contribution in [0.3, 0.4) is 0 Å². The van der Waals surface area contributed by atoms with Gasteiger partial charge in [-0.3, -0.25) is 9.59 Å². The summed E-state index contributed by atoms with van der Waals surface area (Å²) in [5.41, 5.74) is 8.35. The van der Waals surface area contributed by atoms with Gasteiger partial charge in [-0.15, -0.1) is 0 Å². The van der Waals surface area contributed by atoms with Crippen molar-refractivity contribution in [1.29, 1.82) is 0 Å². The molecule has 0 saturated carbocycles. The maximum atomic E-state index is 12.4. The van der Waals surface area contributed by atoms with E-state index >= 15 is 0 Å². The maximum absolute atomic E-state index is 12.4. The van der Waals surface area contributed by atoms with E-state index in [-0.39, 0.29) is 11.8 Å². The van der Waals surface area contributed by atoms with Gasteiger partial charge in [0, 0.05) is 24.2 Å². The first-order valence-corrected chi connectivity index (χ1v) is 13.1. The summed E-state index contributed by atoms with van der Waals surface area (Å²) in [6.07, 6.45) is 4.26. The summed E-state index contributed by atoms with van der Waals surface area (Å²) in [5.74, 6) is -0.431. The molecule has 0 bridgehead atoms. The number of carbonyl (C=O) groups is 2. The highest BCUT2D eigenvalue weighted by molar-refractivity contribution is 5.96. The lowest BCUT2D eigenvalue weighted by Gasteiger charge is -2.07. The highest BCUT2D eigenvalue weighted by Crippen LogP contribution is 2.16. The Balaban J connectivity index is 1.01. The lowest BCUT2D eigenvalue weighted by molar-refractivity contribution is -0.121. The van der Waals surface area contributed by atoms with Crippen LogP contribution >= 0.6 is 0 Å². The number of hydrogen-bond acceptors (Lipinski definition) is 5. The number of amides is 2. The summed E-state index contributed by atoms with van der Waals surface area (Å²) >= 11 is 0. The Kier molecular flexibility index (Phi) is 8.54. The van der Waals surface area contributed by atoms with Crippen LogP contribution in [-0.2, 0) is 4.79 Å². The minimum Gasteiger partial charge on any atom is -0.385 e. The van der Waals surface area contributed by atoms with Gasteiger partial charge < -0.3 is 5.32 Å². The summed E-state index contributed by atoms with van der Waals surface area (Å²) in [6.45, 7) is 0.614. The van der Waals surface area contributed by atoms with E-state index < -0.39 is 0 Å². The fourth-order valence-corrected chi connectivity index (χ4v) is 4.26. The van der Waals surface area contributed by atoms with E-state index in [1.54, 1.807) is 24.6 Å². The van der Waals surface area contributed by atoms with Crippen molar-refractivity contribution in [1.82, 2.24) is 10.9 Å². The number of anilines is 1. The van der Waals surface area contributed by atoms with Gasteiger partial charge in [0.2, 0.25) is 5.91 Å². The Morgan fingerprint density at radius 3 is 1.77 bits per heavy atom. The van der Waals surface area contributed by atoms with E-state index in [9.17, 15) is 9.59 Å². The van der Waals surface area contributed by atoms with Gasteiger partial charge in [0.25, 0.3) is 5.91 Å². The van der Waals surface area contributed by atoms with Crippen molar-refractivity contribution < 1.29 is 9.59 Å². The second-order valence-corrected chi connectivity index (χ2v) is 9.31.